The van der Waals surface area contributed by atoms with Gasteiger partial charge in [-0.05, 0) is 55.3 Å². The van der Waals surface area contributed by atoms with E-state index in [4.69, 9.17) is 0 Å². The van der Waals surface area contributed by atoms with Gasteiger partial charge in [-0.15, -0.1) is 0 Å². The van der Waals surface area contributed by atoms with E-state index in [1.54, 1.807) is 18.2 Å². The van der Waals surface area contributed by atoms with Gasteiger partial charge in [0.25, 0.3) is 0 Å². The molecule has 1 aliphatic rings. The summed E-state index contributed by atoms with van der Waals surface area (Å²) in [4.78, 5) is 26.3. The van der Waals surface area contributed by atoms with Crippen molar-refractivity contribution in [3.8, 4) is 0 Å². The molecule has 1 N–H and O–H groups in total. The molecule has 0 radical (unpaired) electrons. The second kappa shape index (κ2) is 6.82. The first-order valence-corrected chi connectivity index (χ1v) is 8.12. The minimum Gasteiger partial charge on any atom is -0.325 e. The zero-order valence-electron chi connectivity index (χ0n) is 14.0. The first-order chi connectivity index (χ1) is 12.3. The predicted molar refractivity (Wildman–Crippen MR) is 91.7 cm³/mol. The molecule has 7 heteroatoms. The van der Waals surface area contributed by atoms with E-state index in [0.717, 1.165) is 17.7 Å². The zero-order chi connectivity index (χ0) is 18.9. The summed E-state index contributed by atoms with van der Waals surface area (Å²) in [5, 5.41) is 2.72. The molecular formula is C19H17F3N2O2. The Hall–Kier alpha value is -2.83. The molecule has 1 fully saturated rings. The maximum atomic E-state index is 12.6. The summed E-state index contributed by atoms with van der Waals surface area (Å²) in [5.41, 5.74) is 1.17. The van der Waals surface area contributed by atoms with Crippen LogP contribution >= 0.6 is 0 Å². The number of carbonyl (C=O) groups is 2. The molecular weight excluding hydrogens is 345 g/mol. The van der Waals surface area contributed by atoms with Crippen molar-refractivity contribution in [2.24, 2.45) is 5.92 Å². The lowest BCUT2D eigenvalue weighted by molar-refractivity contribution is -0.137. The minimum atomic E-state index is -4.43. The van der Waals surface area contributed by atoms with E-state index in [9.17, 15) is 22.8 Å². The fraction of sp³-hybridized carbons (Fsp3) is 0.263. The highest BCUT2D eigenvalue weighted by molar-refractivity contribution is 6.13. The lowest BCUT2D eigenvalue weighted by Gasteiger charge is -2.17. The SMILES string of the molecule is Cc1cccc(NC(=O)[C@@H]2CCN(c3ccc(C(F)(F)F)cc3)C2=O)c1. The van der Waals surface area contributed by atoms with Crippen LogP contribution in [0.15, 0.2) is 48.5 Å². The Morgan fingerprint density at radius 3 is 2.46 bits per heavy atom. The van der Waals surface area contributed by atoms with Gasteiger partial charge in [0.1, 0.15) is 5.92 Å². The van der Waals surface area contributed by atoms with Crippen molar-refractivity contribution < 1.29 is 22.8 Å². The van der Waals surface area contributed by atoms with Gasteiger partial charge < -0.3 is 10.2 Å². The van der Waals surface area contributed by atoms with Crippen LogP contribution in [0.1, 0.15) is 17.5 Å². The number of aryl methyl sites for hydroxylation is 1. The van der Waals surface area contributed by atoms with Crippen LogP contribution in [-0.2, 0) is 15.8 Å². The summed E-state index contributed by atoms with van der Waals surface area (Å²) in [6.07, 6.45) is -4.11. The molecule has 2 amide bonds. The number of halogens is 3. The van der Waals surface area contributed by atoms with E-state index in [1.807, 2.05) is 13.0 Å². The van der Waals surface area contributed by atoms with Gasteiger partial charge in [0, 0.05) is 17.9 Å². The summed E-state index contributed by atoms with van der Waals surface area (Å²) in [6, 6.07) is 11.6. The van der Waals surface area contributed by atoms with Gasteiger partial charge in [0.15, 0.2) is 0 Å². The largest absolute Gasteiger partial charge is 0.416 e. The molecule has 0 spiro atoms. The molecule has 26 heavy (non-hydrogen) atoms. The smallest absolute Gasteiger partial charge is 0.325 e. The number of alkyl halides is 3. The van der Waals surface area contributed by atoms with Gasteiger partial charge in [-0.3, -0.25) is 9.59 Å². The third-order valence-electron chi connectivity index (χ3n) is 4.31. The Balaban J connectivity index is 1.70. The maximum absolute atomic E-state index is 12.6. The Morgan fingerprint density at radius 1 is 1.15 bits per heavy atom. The number of carbonyl (C=O) groups excluding carboxylic acids is 2. The predicted octanol–water partition coefficient (Wildman–Crippen LogP) is 4.01. The topological polar surface area (TPSA) is 49.4 Å². The average molecular weight is 362 g/mol. The van der Waals surface area contributed by atoms with Crippen molar-refractivity contribution in [2.75, 3.05) is 16.8 Å². The molecule has 0 saturated carbocycles. The van der Waals surface area contributed by atoms with Gasteiger partial charge in [-0.2, -0.15) is 13.2 Å². The van der Waals surface area contributed by atoms with Crippen LogP contribution in [0, 0.1) is 12.8 Å². The molecule has 1 saturated heterocycles. The summed E-state index contributed by atoms with van der Waals surface area (Å²) < 4.78 is 37.9. The summed E-state index contributed by atoms with van der Waals surface area (Å²) in [5.74, 6) is -1.66. The van der Waals surface area contributed by atoms with Crippen LogP contribution in [0.3, 0.4) is 0 Å². The van der Waals surface area contributed by atoms with Crippen molar-refractivity contribution in [3.63, 3.8) is 0 Å². The quantitative estimate of drug-likeness (QED) is 0.839. The normalized spacial score (nSPS) is 17.5. The van der Waals surface area contributed by atoms with Crippen LogP contribution in [0.2, 0.25) is 0 Å². The number of benzene rings is 2. The summed E-state index contributed by atoms with van der Waals surface area (Å²) in [7, 11) is 0. The van der Waals surface area contributed by atoms with E-state index < -0.39 is 29.5 Å². The maximum Gasteiger partial charge on any atom is 0.416 e. The van der Waals surface area contributed by atoms with Gasteiger partial charge in [0.2, 0.25) is 11.8 Å². The van der Waals surface area contributed by atoms with E-state index in [-0.39, 0.29) is 6.54 Å². The van der Waals surface area contributed by atoms with Crippen LogP contribution in [0.5, 0.6) is 0 Å². The van der Waals surface area contributed by atoms with E-state index in [1.165, 1.54) is 17.0 Å². The number of anilines is 2. The summed E-state index contributed by atoms with van der Waals surface area (Å²) in [6.45, 7) is 2.18. The van der Waals surface area contributed by atoms with Crippen molar-refractivity contribution in [1.29, 1.82) is 0 Å². The molecule has 2 aromatic rings. The Labute approximate surface area is 148 Å². The molecule has 3 rings (SSSR count). The highest BCUT2D eigenvalue weighted by Crippen LogP contribution is 2.32. The molecule has 0 aromatic heterocycles. The molecule has 4 nitrogen and oxygen atoms in total. The minimum absolute atomic E-state index is 0.288. The number of nitrogens with one attached hydrogen (secondary N) is 1. The average Bonchev–Trinajstić information content (AvgIpc) is 2.96. The highest BCUT2D eigenvalue weighted by atomic mass is 19.4. The number of hydrogen-bond acceptors (Lipinski definition) is 2. The number of amides is 2. The third-order valence-corrected chi connectivity index (χ3v) is 4.31. The van der Waals surface area contributed by atoms with Crippen LogP contribution < -0.4 is 10.2 Å². The molecule has 2 aromatic carbocycles. The first kappa shape index (κ1) is 18.0. The van der Waals surface area contributed by atoms with Crippen LogP contribution in [-0.4, -0.2) is 18.4 Å². The third kappa shape index (κ3) is 3.71. The molecule has 1 atom stereocenters. The Morgan fingerprint density at radius 2 is 1.85 bits per heavy atom. The van der Waals surface area contributed by atoms with Crippen molar-refractivity contribution >= 4 is 23.2 Å². The zero-order valence-corrected chi connectivity index (χ0v) is 14.0. The monoisotopic (exact) mass is 362 g/mol. The van der Waals surface area contributed by atoms with E-state index in [0.29, 0.717) is 17.8 Å². The fourth-order valence-corrected chi connectivity index (χ4v) is 2.96. The lowest BCUT2D eigenvalue weighted by atomic mass is 10.1. The molecule has 0 unspecified atom stereocenters. The molecule has 0 aliphatic carbocycles. The van der Waals surface area contributed by atoms with Gasteiger partial charge in [-0.25, -0.2) is 0 Å². The van der Waals surface area contributed by atoms with Crippen LogP contribution in [0.25, 0.3) is 0 Å². The Kier molecular flexibility index (Phi) is 4.71. The van der Waals surface area contributed by atoms with E-state index >= 15 is 0 Å². The number of hydrogen-bond donors (Lipinski definition) is 1. The van der Waals surface area contributed by atoms with Crippen molar-refractivity contribution in [1.82, 2.24) is 0 Å². The molecule has 0 bridgehead atoms. The fourth-order valence-electron chi connectivity index (χ4n) is 2.96. The number of rotatable bonds is 3. The first-order valence-electron chi connectivity index (χ1n) is 8.12. The van der Waals surface area contributed by atoms with E-state index in [2.05, 4.69) is 5.32 Å². The van der Waals surface area contributed by atoms with Crippen molar-refractivity contribution in [2.45, 2.75) is 19.5 Å². The van der Waals surface area contributed by atoms with Gasteiger partial charge in [-0.1, -0.05) is 12.1 Å². The lowest BCUT2D eigenvalue weighted by Crippen LogP contribution is -2.33. The van der Waals surface area contributed by atoms with Gasteiger partial charge in [0.05, 0.1) is 5.56 Å². The second-order valence-electron chi connectivity index (χ2n) is 6.23. The second-order valence-corrected chi connectivity index (χ2v) is 6.23. The number of nitrogens with zero attached hydrogens (tertiary/aromatic N) is 1. The van der Waals surface area contributed by atoms with Crippen LogP contribution in [0.4, 0.5) is 24.5 Å². The molecule has 136 valence electrons. The standard InChI is InChI=1S/C19H17F3N2O2/c1-12-3-2-4-14(11-12)23-17(25)16-9-10-24(18(16)26)15-7-5-13(6-8-15)19(20,21)22/h2-8,11,16H,9-10H2,1H3,(H,23,25)/t16-/m0/s1. The molecule has 1 aliphatic heterocycles. The Bertz CT molecular complexity index is 831. The highest BCUT2D eigenvalue weighted by Gasteiger charge is 2.38. The molecule has 1 heterocycles. The van der Waals surface area contributed by atoms with Crippen molar-refractivity contribution in [3.05, 3.63) is 59.7 Å². The summed E-state index contributed by atoms with van der Waals surface area (Å²) >= 11 is 0. The van der Waals surface area contributed by atoms with Gasteiger partial charge >= 0.3 is 6.18 Å².